The van der Waals surface area contributed by atoms with Gasteiger partial charge in [0, 0.05) is 41.7 Å². The number of aryl methyl sites for hydroxylation is 1. The van der Waals surface area contributed by atoms with Crippen LogP contribution in [0.15, 0.2) is 70.8 Å². The summed E-state index contributed by atoms with van der Waals surface area (Å²) in [6.07, 6.45) is 0. The smallest absolute Gasteiger partial charge is 0.269 e. The minimum absolute atomic E-state index is 0.0776. The molecule has 160 valence electrons. The van der Waals surface area contributed by atoms with E-state index in [9.17, 15) is 20.2 Å². The molecule has 9 heteroatoms. The van der Waals surface area contributed by atoms with Gasteiger partial charge in [-0.1, -0.05) is 23.7 Å². The molecule has 1 unspecified atom stereocenters. The molecule has 0 aliphatic carbocycles. The summed E-state index contributed by atoms with van der Waals surface area (Å²) >= 11 is 6.04. The normalized spacial score (nSPS) is 15.3. The van der Waals surface area contributed by atoms with Crippen molar-refractivity contribution in [1.29, 1.82) is 5.26 Å². The molecule has 0 fully saturated rings. The summed E-state index contributed by atoms with van der Waals surface area (Å²) in [6.45, 7) is 1.80. The van der Waals surface area contributed by atoms with Crippen LogP contribution in [0.1, 0.15) is 22.7 Å². The van der Waals surface area contributed by atoms with Crippen LogP contribution in [-0.4, -0.2) is 9.49 Å². The Hall–Kier alpha value is -4.09. The number of nitriles is 1. The van der Waals surface area contributed by atoms with Crippen molar-refractivity contribution in [3.63, 3.8) is 0 Å². The summed E-state index contributed by atoms with van der Waals surface area (Å²) in [5.74, 6) is -0.0319. The molecule has 0 saturated carbocycles. The number of hydrogen-bond acceptors (Lipinski definition) is 6. The van der Waals surface area contributed by atoms with Crippen LogP contribution in [0.25, 0.3) is 0 Å². The minimum atomic E-state index is -0.680. The fourth-order valence-electron chi connectivity index (χ4n) is 3.99. The number of allylic oxidation sites excluding steroid dienone is 1. The monoisotopic (exact) mass is 447 g/mol. The first kappa shape index (κ1) is 21.2. The molecule has 1 aliphatic heterocycles. The fourth-order valence-corrected chi connectivity index (χ4v) is 4.11. The van der Waals surface area contributed by atoms with Crippen molar-refractivity contribution in [3.05, 3.63) is 108 Å². The predicted octanol–water partition coefficient (Wildman–Crippen LogP) is 4.23. The van der Waals surface area contributed by atoms with Gasteiger partial charge in [-0.3, -0.25) is 19.8 Å². The van der Waals surface area contributed by atoms with Crippen LogP contribution < -0.4 is 16.1 Å². The Morgan fingerprint density at radius 3 is 2.34 bits per heavy atom. The molecule has 0 radical (unpaired) electrons. The lowest BCUT2D eigenvalue weighted by Crippen LogP contribution is -2.37. The van der Waals surface area contributed by atoms with Gasteiger partial charge in [0.15, 0.2) is 5.43 Å². The van der Waals surface area contributed by atoms with Crippen LogP contribution in [0.4, 0.5) is 17.2 Å². The van der Waals surface area contributed by atoms with Crippen LogP contribution in [0.5, 0.6) is 0 Å². The number of non-ortho nitro benzene ring substituents is 1. The number of nitro groups is 1. The Balaban J connectivity index is 2.05. The molecule has 0 saturated heterocycles. The zero-order valence-electron chi connectivity index (χ0n) is 17.2. The molecule has 1 aliphatic rings. The lowest BCUT2D eigenvalue weighted by molar-refractivity contribution is -0.384. The van der Waals surface area contributed by atoms with Gasteiger partial charge in [0.05, 0.1) is 28.0 Å². The van der Waals surface area contributed by atoms with Crippen LogP contribution in [-0.2, 0) is 7.05 Å². The summed E-state index contributed by atoms with van der Waals surface area (Å²) in [6, 6.07) is 16.4. The van der Waals surface area contributed by atoms with Crippen molar-refractivity contribution in [1.82, 2.24) is 4.57 Å². The Kier molecular flexibility index (Phi) is 5.20. The number of rotatable bonds is 3. The standard InChI is InChI=1S/C23H18ClN5O3/c1-13-11-19(30)21-20(14-3-5-15(24)6-4-14)18(12-25)22(26)28(23(21)27(13)2)16-7-9-17(10-8-16)29(31)32/h3-11,20H,26H2,1-2H3. The molecule has 2 heterocycles. The molecule has 0 amide bonds. The molecule has 4 rings (SSSR count). The number of nitrogens with zero attached hydrogens (tertiary/aromatic N) is 4. The number of benzene rings is 2. The first-order valence-electron chi connectivity index (χ1n) is 9.65. The van der Waals surface area contributed by atoms with E-state index in [0.29, 0.717) is 33.3 Å². The average Bonchev–Trinajstić information content (AvgIpc) is 2.77. The van der Waals surface area contributed by atoms with Crippen molar-refractivity contribution in [2.24, 2.45) is 12.8 Å². The number of nitro benzene ring substituents is 1. The van der Waals surface area contributed by atoms with Gasteiger partial charge >= 0.3 is 0 Å². The second-order valence-electron chi connectivity index (χ2n) is 7.45. The van der Waals surface area contributed by atoms with Crippen molar-refractivity contribution >= 4 is 28.8 Å². The van der Waals surface area contributed by atoms with Gasteiger partial charge in [-0.25, -0.2) is 0 Å². The van der Waals surface area contributed by atoms with Gasteiger partial charge in [0.2, 0.25) is 0 Å². The Morgan fingerprint density at radius 2 is 1.78 bits per heavy atom. The lowest BCUT2D eigenvalue weighted by atomic mass is 9.82. The highest BCUT2D eigenvalue weighted by molar-refractivity contribution is 6.30. The zero-order chi connectivity index (χ0) is 23.2. The highest BCUT2D eigenvalue weighted by Gasteiger charge is 2.37. The van der Waals surface area contributed by atoms with E-state index in [0.717, 1.165) is 0 Å². The first-order chi connectivity index (χ1) is 15.2. The average molecular weight is 448 g/mol. The number of halogens is 1. The van der Waals surface area contributed by atoms with Crippen LogP contribution in [0.2, 0.25) is 5.02 Å². The SMILES string of the molecule is Cc1cc(=O)c2c(n1C)N(c1ccc([N+](=O)[O-])cc1)C(N)=C(C#N)C2c1ccc(Cl)cc1. The molecule has 3 aromatic rings. The number of pyridine rings is 1. The highest BCUT2D eigenvalue weighted by atomic mass is 35.5. The highest BCUT2D eigenvalue weighted by Crippen LogP contribution is 2.45. The molecule has 32 heavy (non-hydrogen) atoms. The summed E-state index contributed by atoms with van der Waals surface area (Å²) in [5, 5.41) is 21.6. The molecule has 2 aromatic carbocycles. The van der Waals surface area contributed by atoms with Crippen LogP contribution in [0, 0.1) is 28.4 Å². The second-order valence-corrected chi connectivity index (χ2v) is 7.89. The van der Waals surface area contributed by atoms with E-state index in [2.05, 4.69) is 6.07 Å². The van der Waals surface area contributed by atoms with E-state index in [1.165, 1.54) is 18.2 Å². The number of nitrogens with two attached hydrogens (primary N) is 1. The van der Waals surface area contributed by atoms with E-state index in [1.54, 1.807) is 55.3 Å². The second kappa shape index (κ2) is 7.87. The first-order valence-corrected chi connectivity index (χ1v) is 10.0. The number of anilines is 2. The van der Waals surface area contributed by atoms with E-state index < -0.39 is 10.8 Å². The lowest BCUT2D eigenvalue weighted by Gasteiger charge is -2.37. The minimum Gasteiger partial charge on any atom is -0.384 e. The Labute approximate surface area is 188 Å². The van der Waals surface area contributed by atoms with Gasteiger partial charge in [-0.2, -0.15) is 5.26 Å². The summed E-state index contributed by atoms with van der Waals surface area (Å²) < 4.78 is 1.82. The van der Waals surface area contributed by atoms with Gasteiger partial charge in [0.25, 0.3) is 5.69 Å². The van der Waals surface area contributed by atoms with Crippen molar-refractivity contribution in [3.8, 4) is 6.07 Å². The molecular weight excluding hydrogens is 430 g/mol. The number of hydrogen-bond donors (Lipinski definition) is 1. The van der Waals surface area contributed by atoms with E-state index in [-0.39, 0.29) is 22.5 Å². The van der Waals surface area contributed by atoms with Gasteiger partial charge in [-0.15, -0.1) is 0 Å². The third-order valence-electron chi connectivity index (χ3n) is 5.64. The third-order valence-corrected chi connectivity index (χ3v) is 5.89. The molecule has 0 bridgehead atoms. The Bertz CT molecular complexity index is 1370. The topological polar surface area (TPSA) is 118 Å². The van der Waals surface area contributed by atoms with E-state index in [1.807, 2.05) is 4.57 Å². The molecule has 2 N–H and O–H groups in total. The van der Waals surface area contributed by atoms with Crippen molar-refractivity contribution in [2.75, 3.05) is 4.90 Å². The molecule has 0 spiro atoms. The molecule has 8 nitrogen and oxygen atoms in total. The summed E-state index contributed by atoms with van der Waals surface area (Å²) in [7, 11) is 1.80. The zero-order valence-corrected chi connectivity index (χ0v) is 18.0. The quantitative estimate of drug-likeness (QED) is 0.474. The third kappa shape index (κ3) is 3.29. The Morgan fingerprint density at radius 1 is 1.16 bits per heavy atom. The number of aromatic nitrogens is 1. The van der Waals surface area contributed by atoms with Crippen molar-refractivity contribution in [2.45, 2.75) is 12.8 Å². The van der Waals surface area contributed by atoms with Crippen LogP contribution in [0.3, 0.4) is 0 Å². The summed E-state index contributed by atoms with van der Waals surface area (Å²) in [5.41, 5.74) is 8.71. The predicted molar refractivity (Wildman–Crippen MR) is 122 cm³/mol. The molecule has 1 aromatic heterocycles. The van der Waals surface area contributed by atoms with Crippen molar-refractivity contribution < 1.29 is 4.92 Å². The van der Waals surface area contributed by atoms with Gasteiger partial charge in [0.1, 0.15) is 11.6 Å². The maximum Gasteiger partial charge on any atom is 0.269 e. The van der Waals surface area contributed by atoms with Gasteiger partial charge < -0.3 is 10.3 Å². The van der Waals surface area contributed by atoms with E-state index >= 15 is 0 Å². The largest absolute Gasteiger partial charge is 0.384 e. The van der Waals surface area contributed by atoms with E-state index in [4.69, 9.17) is 17.3 Å². The van der Waals surface area contributed by atoms with Crippen LogP contribution >= 0.6 is 11.6 Å². The molecule has 1 atom stereocenters. The molecular formula is C23H18ClN5O3. The maximum atomic E-state index is 13.2. The number of fused-ring (bicyclic) bond motifs is 1. The summed E-state index contributed by atoms with van der Waals surface area (Å²) in [4.78, 5) is 25.4. The van der Waals surface area contributed by atoms with Gasteiger partial charge in [-0.05, 0) is 36.8 Å². The maximum absolute atomic E-state index is 13.2. The fraction of sp³-hybridized carbons (Fsp3) is 0.130.